The van der Waals surface area contributed by atoms with Gasteiger partial charge in [0.2, 0.25) is 0 Å². The van der Waals surface area contributed by atoms with Gasteiger partial charge in [0.05, 0.1) is 11.4 Å². The second-order valence-corrected chi connectivity index (χ2v) is 8.23. The molecule has 2 aromatic carbocycles. The van der Waals surface area contributed by atoms with E-state index in [1.165, 1.54) is 0 Å². The van der Waals surface area contributed by atoms with Gasteiger partial charge in [-0.25, -0.2) is 4.68 Å². The summed E-state index contributed by atoms with van der Waals surface area (Å²) < 4.78 is 1.97. The normalized spacial score (nSPS) is 12.0. The fraction of sp³-hybridized carbons (Fsp3) is 0.346. The van der Waals surface area contributed by atoms with E-state index in [0.717, 1.165) is 34.6 Å². The predicted molar refractivity (Wildman–Crippen MR) is 149 cm³/mol. The maximum Gasteiger partial charge on any atom is 0.251 e. The highest BCUT2D eigenvalue weighted by molar-refractivity contribution is 14.0. The lowest BCUT2D eigenvalue weighted by Gasteiger charge is -2.15. The molecule has 182 valence electrons. The van der Waals surface area contributed by atoms with Crippen molar-refractivity contribution in [1.29, 1.82) is 0 Å². The molecule has 1 aromatic heterocycles. The van der Waals surface area contributed by atoms with Crippen LogP contribution in [0.1, 0.15) is 53.1 Å². The third kappa shape index (κ3) is 7.31. The molecule has 0 aliphatic rings. The molecule has 1 amide bonds. The quantitative estimate of drug-likeness (QED) is 0.210. The molecule has 0 aliphatic heterocycles. The van der Waals surface area contributed by atoms with Crippen LogP contribution in [0.5, 0.6) is 0 Å². The summed E-state index contributed by atoms with van der Waals surface area (Å²) >= 11 is 0. The van der Waals surface area contributed by atoms with Crippen molar-refractivity contribution in [3.8, 4) is 5.69 Å². The monoisotopic (exact) mass is 574 g/mol. The third-order valence-electron chi connectivity index (χ3n) is 5.57. The number of rotatable bonds is 8. The zero-order valence-electron chi connectivity index (χ0n) is 20.6. The van der Waals surface area contributed by atoms with Crippen molar-refractivity contribution in [1.82, 2.24) is 25.7 Å². The average Bonchev–Trinajstić information content (AvgIpc) is 3.17. The molecule has 3 aromatic rings. The first-order valence-electron chi connectivity index (χ1n) is 11.4. The van der Waals surface area contributed by atoms with Crippen molar-refractivity contribution >= 4 is 35.8 Å². The van der Waals surface area contributed by atoms with Gasteiger partial charge in [-0.15, -0.1) is 24.0 Å². The molecule has 0 bridgehead atoms. The van der Waals surface area contributed by atoms with Gasteiger partial charge in [0.15, 0.2) is 5.96 Å². The average molecular weight is 575 g/mol. The van der Waals surface area contributed by atoms with Gasteiger partial charge in [0.25, 0.3) is 5.91 Å². The Balaban J connectivity index is 0.00000408. The van der Waals surface area contributed by atoms with E-state index in [0.29, 0.717) is 24.6 Å². The van der Waals surface area contributed by atoms with E-state index >= 15 is 0 Å². The zero-order valence-corrected chi connectivity index (χ0v) is 22.9. The fourth-order valence-corrected chi connectivity index (χ4v) is 3.51. The van der Waals surface area contributed by atoms with Crippen molar-refractivity contribution in [2.24, 2.45) is 4.99 Å². The molecule has 1 atom stereocenters. The lowest BCUT2D eigenvalue weighted by atomic mass is 10.1. The maximum atomic E-state index is 12.2. The second kappa shape index (κ2) is 13.1. The van der Waals surface area contributed by atoms with Crippen LogP contribution < -0.4 is 16.0 Å². The number of aryl methyl sites for hydroxylation is 2. The molecule has 0 radical (unpaired) electrons. The molecule has 8 heteroatoms. The Labute approximate surface area is 219 Å². The van der Waals surface area contributed by atoms with E-state index in [1.54, 1.807) is 7.05 Å². The number of hydrogen-bond acceptors (Lipinski definition) is 3. The summed E-state index contributed by atoms with van der Waals surface area (Å²) in [4.78, 5) is 16.6. The summed E-state index contributed by atoms with van der Waals surface area (Å²) in [6, 6.07) is 18.1. The number of aliphatic imine (C=N–C) groups is 1. The number of nitrogens with zero attached hydrogens (tertiary/aromatic N) is 3. The minimum absolute atomic E-state index is 0. The summed E-state index contributed by atoms with van der Waals surface area (Å²) in [5, 5.41) is 14.3. The minimum Gasteiger partial charge on any atom is -0.352 e. The Kier molecular flexibility index (Phi) is 10.6. The molecule has 0 aliphatic carbocycles. The molecule has 3 N–H and O–H groups in total. The molecule has 34 heavy (non-hydrogen) atoms. The molecule has 0 spiro atoms. The number of guanidine groups is 1. The van der Waals surface area contributed by atoms with Gasteiger partial charge in [-0.1, -0.05) is 37.3 Å². The smallest absolute Gasteiger partial charge is 0.251 e. The van der Waals surface area contributed by atoms with Crippen LogP contribution in [0.2, 0.25) is 0 Å². The molecule has 0 saturated heterocycles. The zero-order chi connectivity index (χ0) is 23.8. The van der Waals surface area contributed by atoms with Gasteiger partial charge in [0, 0.05) is 37.4 Å². The molecule has 1 unspecified atom stereocenters. The van der Waals surface area contributed by atoms with Gasteiger partial charge in [-0.2, -0.15) is 5.10 Å². The molecule has 0 saturated carbocycles. The molecule has 7 nitrogen and oxygen atoms in total. The summed E-state index contributed by atoms with van der Waals surface area (Å²) in [5.41, 5.74) is 6.02. The van der Waals surface area contributed by atoms with E-state index in [2.05, 4.69) is 58.1 Å². The first kappa shape index (κ1) is 27.4. The lowest BCUT2D eigenvalue weighted by Crippen LogP contribution is -2.36. The van der Waals surface area contributed by atoms with Crippen LogP contribution in [0.25, 0.3) is 5.69 Å². The van der Waals surface area contributed by atoms with Crippen LogP contribution >= 0.6 is 24.0 Å². The van der Waals surface area contributed by atoms with Gasteiger partial charge >= 0.3 is 0 Å². The van der Waals surface area contributed by atoms with Gasteiger partial charge < -0.3 is 16.0 Å². The lowest BCUT2D eigenvalue weighted by molar-refractivity contribution is 0.0939. The van der Waals surface area contributed by atoms with E-state index in [-0.39, 0.29) is 35.9 Å². The van der Waals surface area contributed by atoms with Crippen LogP contribution in [0, 0.1) is 13.8 Å². The van der Waals surface area contributed by atoms with E-state index in [4.69, 9.17) is 0 Å². The summed E-state index contributed by atoms with van der Waals surface area (Å²) in [5.74, 6) is 0.666. The topological polar surface area (TPSA) is 83.3 Å². The van der Waals surface area contributed by atoms with Crippen LogP contribution in [0.4, 0.5) is 0 Å². The van der Waals surface area contributed by atoms with Crippen molar-refractivity contribution in [3.05, 3.63) is 82.7 Å². The molecular formula is C26H35IN6O. The second-order valence-electron chi connectivity index (χ2n) is 8.23. The number of carbonyl (C=O) groups excluding carboxylic acids is 1. The Morgan fingerprint density at radius 1 is 1.06 bits per heavy atom. The number of halogens is 1. The molecular weight excluding hydrogens is 539 g/mol. The number of benzene rings is 2. The predicted octanol–water partition coefficient (Wildman–Crippen LogP) is 4.50. The highest BCUT2D eigenvalue weighted by Gasteiger charge is 2.10. The third-order valence-corrected chi connectivity index (χ3v) is 5.57. The Morgan fingerprint density at radius 2 is 1.74 bits per heavy atom. The largest absolute Gasteiger partial charge is 0.352 e. The van der Waals surface area contributed by atoms with Gasteiger partial charge in [-0.3, -0.25) is 9.79 Å². The molecule has 0 fully saturated rings. The summed E-state index contributed by atoms with van der Waals surface area (Å²) in [6.45, 7) is 9.34. The van der Waals surface area contributed by atoms with Crippen LogP contribution in [-0.4, -0.2) is 34.7 Å². The standard InChI is InChI=1S/C26H34N6O.HI/c1-6-18(2)30-25(33)22-13-11-21(12-14-22)16-28-26(27-5)29-17-23-9-7-8-10-24(23)32-20(4)15-19(3)31-32;/h7-15,18H,6,16-17H2,1-5H3,(H,30,33)(H2,27,28,29);1H. The van der Waals surface area contributed by atoms with E-state index < -0.39 is 0 Å². The maximum absolute atomic E-state index is 12.2. The Morgan fingerprint density at radius 3 is 2.35 bits per heavy atom. The van der Waals surface area contributed by atoms with Crippen LogP contribution in [0.15, 0.2) is 59.6 Å². The highest BCUT2D eigenvalue weighted by atomic mass is 127. The van der Waals surface area contributed by atoms with E-state index in [9.17, 15) is 4.79 Å². The Bertz CT molecular complexity index is 1110. The SMILES string of the molecule is CCC(C)NC(=O)c1ccc(CNC(=NC)NCc2ccccc2-n2nc(C)cc2C)cc1.I. The van der Waals surface area contributed by atoms with E-state index in [1.807, 2.05) is 54.9 Å². The molecule has 3 rings (SSSR count). The highest BCUT2D eigenvalue weighted by Crippen LogP contribution is 2.17. The first-order chi connectivity index (χ1) is 15.9. The van der Waals surface area contributed by atoms with Crippen LogP contribution in [0.3, 0.4) is 0 Å². The van der Waals surface area contributed by atoms with Crippen molar-refractivity contribution in [2.75, 3.05) is 7.05 Å². The van der Waals surface area contributed by atoms with Crippen LogP contribution in [-0.2, 0) is 13.1 Å². The summed E-state index contributed by atoms with van der Waals surface area (Å²) in [7, 11) is 1.75. The van der Waals surface area contributed by atoms with Gasteiger partial charge in [-0.05, 0) is 62.6 Å². The number of aromatic nitrogens is 2. The number of amides is 1. The number of nitrogens with one attached hydrogen (secondary N) is 3. The number of para-hydroxylation sites is 1. The first-order valence-corrected chi connectivity index (χ1v) is 11.4. The Hall–Kier alpha value is -2.88. The number of hydrogen-bond donors (Lipinski definition) is 3. The molecule has 1 heterocycles. The minimum atomic E-state index is -0.0392. The van der Waals surface area contributed by atoms with Crippen molar-refractivity contribution in [2.45, 2.75) is 53.2 Å². The number of carbonyl (C=O) groups is 1. The van der Waals surface area contributed by atoms with Gasteiger partial charge in [0.1, 0.15) is 0 Å². The summed E-state index contributed by atoms with van der Waals surface area (Å²) in [6.07, 6.45) is 0.908. The van der Waals surface area contributed by atoms with Crippen molar-refractivity contribution in [3.63, 3.8) is 0 Å². The van der Waals surface area contributed by atoms with Crippen molar-refractivity contribution < 1.29 is 4.79 Å². The fourth-order valence-electron chi connectivity index (χ4n) is 3.51.